The van der Waals surface area contributed by atoms with E-state index in [0.29, 0.717) is 18.1 Å². The van der Waals surface area contributed by atoms with Crippen molar-refractivity contribution in [2.75, 3.05) is 13.7 Å². The van der Waals surface area contributed by atoms with Crippen LogP contribution in [-0.2, 0) is 0 Å². The van der Waals surface area contributed by atoms with Crippen LogP contribution in [0.1, 0.15) is 12.5 Å². The molecule has 0 bridgehead atoms. The lowest BCUT2D eigenvalue weighted by molar-refractivity contribution is 0.310. The third-order valence-corrected chi connectivity index (χ3v) is 2.61. The number of halogens is 1. The number of benzene rings is 1. The van der Waals surface area contributed by atoms with Gasteiger partial charge in [-0.3, -0.25) is 0 Å². The van der Waals surface area contributed by atoms with Gasteiger partial charge in [-0.1, -0.05) is 15.9 Å². The number of nitriles is 1. The number of hydrogen-bond acceptors (Lipinski definition) is 3. The predicted octanol–water partition coefficient (Wildman–Crippen LogP) is 3.39. The summed E-state index contributed by atoms with van der Waals surface area (Å²) in [6, 6.07) is 5.60. The molecule has 0 heterocycles. The van der Waals surface area contributed by atoms with E-state index >= 15 is 0 Å². The molecule has 0 aliphatic heterocycles. The average molecular weight is 282 g/mol. The standard InChI is InChI=1S/C12H12BrNO2/c1-3-16-12-8-10(13)9(5-4-6-14)7-11(12)15-2/h4-5,7-8H,3H2,1-2H3. The van der Waals surface area contributed by atoms with Crippen LogP contribution < -0.4 is 9.47 Å². The molecule has 1 aromatic rings. The number of rotatable bonds is 4. The summed E-state index contributed by atoms with van der Waals surface area (Å²) in [5.74, 6) is 1.34. The Kier molecular flexibility index (Phi) is 4.87. The van der Waals surface area contributed by atoms with Crippen LogP contribution in [0, 0.1) is 11.3 Å². The highest BCUT2D eigenvalue weighted by Gasteiger charge is 2.08. The van der Waals surface area contributed by atoms with Crippen LogP contribution in [0.3, 0.4) is 0 Å². The van der Waals surface area contributed by atoms with Gasteiger partial charge in [0.1, 0.15) is 0 Å². The zero-order valence-electron chi connectivity index (χ0n) is 9.16. The molecule has 84 valence electrons. The van der Waals surface area contributed by atoms with Crippen molar-refractivity contribution in [3.05, 3.63) is 28.2 Å². The van der Waals surface area contributed by atoms with Crippen LogP contribution in [0.25, 0.3) is 6.08 Å². The van der Waals surface area contributed by atoms with Gasteiger partial charge in [-0.15, -0.1) is 0 Å². The first-order chi connectivity index (χ1) is 7.72. The molecule has 0 fully saturated rings. The largest absolute Gasteiger partial charge is 0.493 e. The second-order valence-corrected chi connectivity index (χ2v) is 3.77. The van der Waals surface area contributed by atoms with Crippen LogP contribution in [-0.4, -0.2) is 13.7 Å². The predicted molar refractivity (Wildman–Crippen MR) is 66.5 cm³/mol. The second kappa shape index (κ2) is 6.19. The third kappa shape index (κ3) is 3.01. The zero-order valence-corrected chi connectivity index (χ0v) is 10.7. The maximum Gasteiger partial charge on any atom is 0.162 e. The van der Waals surface area contributed by atoms with Crippen molar-refractivity contribution in [2.24, 2.45) is 0 Å². The van der Waals surface area contributed by atoms with Crippen LogP contribution in [0.15, 0.2) is 22.7 Å². The number of methoxy groups -OCH3 is 1. The molecule has 0 aliphatic rings. The zero-order chi connectivity index (χ0) is 12.0. The molecule has 0 amide bonds. The molecular formula is C12H12BrNO2. The molecule has 0 atom stereocenters. The normalized spacial score (nSPS) is 10.1. The second-order valence-electron chi connectivity index (χ2n) is 2.92. The lowest BCUT2D eigenvalue weighted by Crippen LogP contribution is -1.96. The van der Waals surface area contributed by atoms with E-state index in [1.165, 1.54) is 6.08 Å². The minimum absolute atomic E-state index is 0.580. The number of hydrogen-bond donors (Lipinski definition) is 0. The molecule has 0 aliphatic carbocycles. The van der Waals surface area contributed by atoms with Crippen molar-refractivity contribution in [3.63, 3.8) is 0 Å². The maximum atomic E-state index is 8.48. The summed E-state index contributed by atoms with van der Waals surface area (Å²) in [6.07, 6.45) is 3.13. The minimum Gasteiger partial charge on any atom is -0.493 e. The van der Waals surface area contributed by atoms with E-state index in [1.807, 2.05) is 25.1 Å². The third-order valence-electron chi connectivity index (χ3n) is 1.92. The summed E-state index contributed by atoms with van der Waals surface area (Å²) in [5, 5.41) is 8.48. The van der Waals surface area contributed by atoms with Crippen molar-refractivity contribution in [1.82, 2.24) is 0 Å². The first-order valence-corrected chi connectivity index (χ1v) is 5.58. The monoisotopic (exact) mass is 281 g/mol. The summed E-state index contributed by atoms with van der Waals surface area (Å²) in [6.45, 7) is 2.49. The van der Waals surface area contributed by atoms with Gasteiger partial charge in [-0.05, 0) is 30.7 Å². The number of ether oxygens (including phenoxy) is 2. The topological polar surface area (TPSA) is 42.2 Å². The summed E-state index contributed by atoms with van der Waals surface area (Å²) >= 11 is 3.41. The minimum atomic E-state index is 0.580. The molecule has 0 radical (unpaired) electrons. The van der Waals surface area contributed by atoms with Gasteiger partial charge in [0.05, 0.1) is 19.8 Å². The molecule has 0 saturated heterocycles. The molecule has 0 N–H and O–H groups in total. The van der Waals surface area contributed by atoms with E-state index in [9.17, 15) is 0 Å². The Morgan fingerprint density at radius 1 is 1.44 bits per heavy atom. The van der Waals surface area contributed by atoms with Gasteiger partial charge in [-0.25, -0.2) is 0 Å². The van der Waals surface area contributed by atoms with Gasteiger partial charge in [0.2, 0.25) is 0 Å². The summed E-state index contributed by atoms with van der Waals surface area (Å²) in [5.41, 5.74) is 0.877. The lowest BCUT2D eigenvalue weighted by Gasteiger charge is -2.11. The highest BCUT2D eigenvalue weighted by molar-refractivity contribution is 9.10. The van der Waals surface area contributed by atoms with Crippen LogP contribution in [0.2, 0.25) is 0 Å². The van der Waals surface area contributed by atoms with Gasteiger partial charge >= 0.3 is 0 Å². The summed E-state index contributed by atoms with van der Waals surface area (Å²) in [7, 11) is 1.59. The summed E-state index contributed by atoms with van der Waals surface area (Å²) < 4.78 is 11.5. The smallest absolute Gasteiger partial charge is 0.162 e. The van der Waals surface area contributed by atoms with Crippen LogP contribution in [0.5, 0.6) is 11.5 Å². The quantitative estimate of drug-likeness (QED) is 0.795. The molecule has 0 unspecified atom stereocenters. The molecular weight excluding hydrogens is 270 g/mol. The molecule has 4 heteroatoms. The fourth-order valence-electron chi connectivity index (χ4n) is 1.23. The Labute approximate surface area is 103 Å². The lowest BCUT2D eigenvalue weighted by atomic mass is 10.2. The molecule has 0 spiro atoms. The Hall–Kier alpha value is -1.47. The van der Waals surface area contributed by atoms with E-state index in [2.05, 4.69) is 15.9 Å². The maximum absolute atomic E-state index is 8.48. The van der Waals surface area contributed by atoms with Crippen molar-refractivity contribution in [2.45, 2.75) is 6.92 Å². The van der Waals surface area contributed by atoms with E-state index < -0.39 is 0 Å². The van der Waals surface area contributed by atoms with Gasteiger partial charge in [0.25, 0.3) is 0 Å². The Balaban J connectivity index is 3.15. The van der Waals surface area contributed by atoms with E-state index in [4.69, 9.17) is 14.7 Å². The molecule has 1 aromatic carbocycles. The fourth-order valence-corrected chi connectivity index (χ4v) is 1.69. The molecule has 1 rings (SSSR count). The summed E-state index contributed by atoms with van der Waals surface area (Å²) in [4.78, 5) is 0. The van der Waals surface area contributed by atoms with Crippen molar-refractivity contribution in [1.29, 1.82) is 5.26 Å². The van der Waals surface area contributed by atoms with E-state index in [0.717, 1.165) is 10.0 Å². The Bertz CT molecular complexity index is 435. The molecule has 16 heavy (non-hydrogen) atoms. The van der Waals surface area contributed by atoms with E-state index in [-0.39, 0.29) is 0 Å². The Morgan fingerprint density at radius 2 is 2.19 bits per heavy atom. The van der Waals surface area contributed by atoms with Crippen LogP contribution in [0.4, 0.5) is 0 Å². The van der Waals surface area contributed by atoms with Gasteiger partial charge < -0.3 is 9.47 Å². The molecule has 0 aromatic heterocycles. The van der Waals surface area contributed by atoms with Gasteiger partial charge in [-0.2, -0.15) is 5.26 Å². The SMILES string of the molecule is CCOc1cc(Br)c(C=CC#N)cc1OC. The highest BCUT2D eigenvalue weighted by atomic mass is 79.9. The highest BCUT2D eigenvalue weighted by Crippen LogP contribution is 2.34. The van der Waals surface area contributed by atoms with Gasteiger partial charge in [0.15, 0.2) is 11.5 Å². The fraction of sp³-hybridized carbons (Fsp3) is 0.250. The average Bonchev–Trinajstić information content (AvgIpc) is 2.28. The first-order valence-electron chi connectivity index (χ1n) is 4.79. The Morgan fingerprint density at radius 3 is 2.75 bits per heavy atom. The van der Waals surface area contributed by atoms with Crippen molar-refractivity contribution >= 4 is 22.0 Å². The van der Waals surface area contributed by atoms with Gasteiger partial charge in [0, 0.05) is 10.5 Å². The van der Waals surface area contributed by atoms with E-state index in [1.54, 1.807) is 13.2 Å². The van der Waals surface area contributed by atoms with Crippen molar-refractivity contribution in [3.8, 4) is 17.6 Å². The molecule has 3 nitrogen and oxygen atoms in total. The molecule has 0 saturated carbocycles. The number of nitrogens with zero attached hydrogens (tertiary/aromatic N) is 1. The van der Waals surface area contributed by atoms with Crippen LogP contribution >= 0.6 is 15.9 Å². The first kappa shape index (κ1) is 12.6. The van der Waals surface area contributed by atoms with Crippen molar-refractivity contribution < 1.29 is 9.47 Å². The number of allylic oxidation sites excluding steroid dienone is 1.